The molecule has 2 rings (SSSR count). The van der Waals surface area contributed by atoms with Gasteiger partial charge in [0.25, 0.3) is 0 Å². The van der Waals surface area contributed by atoms with Crippen molar-refractivity contribution < 1.29 is 0 Å². The number of nitrogens with zero attached hydrogens (tertiary/aromatic N) is 3. The second-order valence-electron chi connectivity index (χ2n) is 4.74. The van der Waals surface area contributed by atoms with E-state index in [9.17, 15) is 0 Å². The molecule has 1 atom stereocenters. The predicted octanol–water partition coefficient (Wildman–Crippen LogP) is 2.50. The van der Waals surface area contributed by atoms with Crippen molar-refractivity contribution in [1.29, 1.82) is 0 Å². The smallest absolute Gasteiger partial charge is 0.160 e. The molecule has 0 spiro atoms. The summed E-state index contributed by atoms with van der Waals surface area (Å²) in [6, 6.07) is 3.87. The van der Waals surface area contributed by atoms with Crippen molar-refractivity contribution >= 4 is 11.2 Å². The van der Waals surface area contributed by atoms with Crippen LogP contribution in [0.4, 0.5) is 0 Å². The highest BCUT2D eigenvalue weighted by atomic mass is 15.1. The summed E-state index contributed by atoms with van der Waals surface area (Å²) in [5.74, 6) is 1.33. The summed E-state index contributed by atoms with van der Waals surface area (Å²) in [4.78, 5) is 9.03. The molecule has 4 heteroatoms. The zero-order chi connectivity index (χ0) is 12.4. The molecule has 2 N–H and O–H groups in total. The Labute approximate surface area is 102 Å². The third-order valence-electron chi connectivity index (χ3n) is 3.00. The van der Waals surface area contributed by atoms with Crippen LogP contribution in [0, 0.1) is 5.92 Å². The van der Waals surface area contributed by atoms with Crippen molar-refractivity contribution in [2.24, 2.45) is 11.7 Å². The quantitative estimate of drug-likeness (QED) is 0.881. The first-order chi connectivity index (χ1) is 8.15. The van der Waals surface area contributed by atoms with Gasteiger partial charge in [0, 0.05) is 12.7 Å². The number of nitrogens with two attached hydrogens (primary N) is 1. The van der Waals surface area contributed by atoms with E-state index in [1.807, 2.05) is 12.1 Å². The van der Waals surface area contributed by atoms with Crippen LogP contribution in [0.3, 0.4) is 0 Å². The normalized spacial score (nSPS) is 13.5. The van der Waals surface area contributed by atoms with Gasteiger partial charge < -0.3 is 10.3 Å². The van der Waals surface area contributed by atoms with Gasteiger partial charge in [0.2, 0.25) is 0 Å². The zero-order valence-electron chi connectivity index (χ0n) is 10.7. The van der Waals surface area contributed by atoms with Crippen LogP contribution in [0.5, 0.6) is 0 Å². The number of fused-ring (bicyclic) bond motifs is 1. The Bertz CT molecular complexity index is 501. The molecule has 0 saturated heterocycles. The summed E-state index contributed by atoms with van der Waals surface area (Å²) in [6.45, 7) is 7.31. The average molecular weight is 232 g/mol. The minimum Gasteiger partial charge on any atom is -0.321 e. The summed E-state index contributed by atoms with van der Waals surface area (Å²) >= 11 is 0. The van der Waals surface area contributed by atoms with Gasteiger partial charge in [0.05, 0.1) is 6.04 Å². The molecule has 0 radical (unpaired) electrons. The second kappa shape index (κ2) is 4.84. The lowest BCUT2D eigenvalue weighted by atomic mass is 10.1. The number of pyridine rings is 1. The van der Waals surface area contributed by atoms with Gasteiger partial charge in [0.1, 0.15) is 11.3 Å². The topological polar surface area (TPSA) is 56.7 Å². The van der Waals surface area contributed by atoms with Crippen LogP contribution < -0.4 is 5.73 Å². The summed E-state index contributed by atoms with van der Waals surface area (Å²) in [5, 5.41) is 0. The molecule has 0 fully saturated rings. The van der Waals surface area contributed by atoms with Crippen molar-refractivity contribution in [1.82, 2.24) is 14.5 Å². The number of imidazole rings is 1. The lowest BCUT2D eigenvalue weighted by Gasteiger charge is -2.16. The minimum absolute atomic E-state index is 0.0317. The van der Waals surface area contributed by atoms with Gasteiger partial charge in [-0.3, -0.25) is 0 Å². The number of rotatable bonds is 4. The second-order valence-corrected chi connectivity index (χ2v) is 4.74. The molecule has 2 aromatic rings. The molecule has 0 saturated carbocycles. The highest BCUT2D eigenvalue weighted by Crippen LogP contribution is 2.22. The molecule has 0 bridgehead atoms. The molecule has 1 unspecified atom stereocenters. The van der Waals surface area contributed by atoms with Crippen molar-refractivity contribution in [3.63, 3.8) is 0 Å². The molecule has 17 heavy (non-hydrogen) atoms. The summed E-state index contributed by atoms with van der Waals surface area (Å²) in [7, 11) is 0. The Morgan fingerprint density at radius 2 is 2.18 bits per heavy atom. The molecule has 0 aromatic carbocycles. The van der Waals surface area contributed by atoms with E-state index in [4.69, 9.17) is 5.73 Å². The Balaban J connectivity index is 2.57. The maximum Gasteiger partial charge on any atom is 0.160 e. The van der Waals surface area contributed by atoms with Gasteiger partial charge in [-0.15, -0.1) is 0 Å². The molecule has 0 aliphatic carbocycles. The van der Waals surface area contributed by atoms with Gasteiger partial charge >= 0.3 is 0 Å². The van der Waals surface area contributed by atoms with E-state index in [-0.39, 0.29) is 6.04 Å². The number of hydrogen-bond donors (Lipinski definition) is 1. The third-order valence-corrected chi connectivity index (χ3v) is 3.00. The van der Waals surface area contributed by atoms with Crippen LogP contribution in [-0.4, -0.2) is 14.5 Å². The third kappa shape index (κ3) is 2.17. The fourth-order valence-corrected chi connectivity index (χ4v) is 1.97. The molecular weight excluding hydrogens is 212 g/mol. The van der Waals surface area contributed by atoms with E-state index < -0.39 is 0 Å². The van der Waals surface area contributed by atoms with Crippen LogP contribution in [0.2, 0.25) is 0 Å². The van der Waals surface area contributed by atoms with Crippen LogP contribution in [0.15, 0.2) is 18.3 Å². The first-order valence-electron chi connectivity index (χ1n) is 6.21. The van der Waals surface area contributed by atoms with Crippen LogP contribution >= 0.6 is 0 Å². The minimum atomic E-state index is -0.0317. The lowest BCUT2D eigenvalue weighted by molar-refractivity contribution is 0.466. The van der Waals surface area contributed by atoms with E-state index in [1.54, 1.807) is 6.20 Å². The predicted molar refractivity (Wildman–Crippen MR) is 69.6 cm³/mol. The van der Waals surface area contributed by atoms with Gasteiger partial charge in [-0.1, -0.05) is 20.8 Å². The first-order valence-corrected chi connectivity index (χ1v) is 6.21. The Hall–Kier alpha value is -1.42. The number of aryl methyl sites for hydroxylation is 1. The average Bonchev–Trinajstić information content (AvgIpc) is 2.68. The molecule has 0 amide bonds. The number of aromatic nitrogens is 3. The molecule has 0 aliphatic heterocycles. The van der Waals surface area contributed by atoms with Gasteiger partial charge in [-0.2, -0.15) is 0 Å². The molecule has 4 nitrogen and oxygen atoms in total. The van der Waals surface area contributed by atoms with E-state index in [2.05, 4.69) is 35.3 Å². The van der Waals surface area contributed by atoms with Crippen LogP contribution in [-0.2, 0) is 6.54 Å². The lowest BCUT2D eigenvalue weighted by Crippen LogP contribution is -2.21. The summed E-state index contributed by atoms with van der Waals surface area (Å²) in [5.41, 5.74) is 8.10. The van der Waals surface area contributed by atoms with Crippen molar-refractivity contribution in [3.05, 3.63) is 24.2 Å². The van der Waals surface area contributed by atoms with Gasteiger partial charge in [-0.05, 0) is 24.5 Å². The van der Waals surface area contributed by atoms with E-state index in [1.165, 1.54) is 0 Å². The van der Waals surface area contributed by atoms with E-state index in [0.29, 0.717) is 5.92 Å². The fourth-order valence-electron chi connectivity index (χ4n) is 1.97. The molecule has 92 valence electrons. The molecule has 2 aromatic heterocycles. The fraction of sp³-hybridized carbons (Fsp3) is 0.538. The maximum absolute atomic E-state index is 6.22. The van der Waals surface area contributed by atoms with E-state index >= 15 is 0 Å². The monoisotopic (exact) mass is 232 g/mol. The largest absolute Gasteiger partial charge is 0.321 e. The zero-order valence-corrected chi connectivity index (χ0v) is 10.7. The first kappa shape index (κ1) is 12.0. The summed E-state index contributed by atoms with van der Waals surface area (Å²) in [6.07, 6.45) is 2.86. The van der Waals surface area contributed by atoms with Gasteiger partial charge in [0.15, 0.2) is 5.65 Å². The highest BCUT2D eigenvalue weighted by Gasteiger charge is 2.19. The van der Waals surface area contributed by atoms with Gasteiger partial charge in [-0.25, -0.2) is 9.97 Å². The molecule has 0 aliphatic rings. The van der Waals surface area contributed by atoms with E-state index in [0.717, 1.165) is 30.0 Å². The molecular formula is C13H20N4. The highest BCUT2D eigenvalue weighted by molar-refractivity contribution is 5.71. The van der Waals surface area contributed by atoms with Crippen molar-refractivity contribution in [2.75, 3.05) is 0 Å². The van der Waals surface area contributed by atoms with Crippen molar-refractivity contribution in [2.45, 2.75) is 39.8 Å². The number of hydrogen-bond acceptors (Lipinski definition) is 3. The van der Waals surface area contributed by atoms with Crippen molar-refractivity contribution in [3.8, 4) is 0 Å². The maximum atomic E-state index is 6.22. The standard InChI is InChI=1S/C13H20N4/c1-4-8-17-12-10(6-5-7-15-12)16-13(17)11(14)9(2)3/h5-7,9,11H,4,8,14H2,1-3H3. The Kier molecular flexibility index (Phi) is 3.43. The Morgan fingerprint density at radius 1 is 1.41 bits per heavy atom. The Morgan fingerprint density at radius 3 is 2.82 bits per heavy atom. The van der Waals surface area contributed by atoms with Crippen LogP contribution in [0.1, 0.15) is 39.1 Å². The van der Waals surface area contributed by atoms with Crippen LogP contribution in [0.25, 0.3) is 11.2 Å². The molecule has 2 heterocycles. The summed E-state index contributed by atoms with van der Waals surface area (Å²) < 4.78 is 2.15. The SMILES string of the molecule is CCCn1c(C(N)C(C)C)nc2cccnc21.